The Balaban J connectivity index is 2.72. The van der Waals surface area contributed by atoms with Crippen molar-refractivity contribution in [2.45, 2.75) is 59.4 Å². The number of ketones is 1. The van der Waals surface area contributed by atoms with Gasteiger partial charge in [-0.2, -0.15) is 0 Å². The molecular formula is C17H32N2O2. The Morgan fingerprint density at radius 1 is 1.14 bits per heavy atom. The highest BCUT2D eigenvalue weighted by atomic mass is 16.2. The summed E-state index contributed by atoms with van der Waals surface area (Å²) in [6, 6.07) is 0.111. The Labute approximate surface area is 129 Å². The van der Waals surface area contributed by atoms with Crippen LogP contribution in [0.1, 0.15) is 53.4 Å². The molecular weight excluding hydrogens is 264 g/mol. The molecule has 4 heteroatoms. The van der Waals surface area contributed by atoms with Crippen molar-refractivity contribution in [2.75, 3.05) is 20.6 Å². The molecule has 4 nitrogen and oxygen atoms in total. The standard InChI is InChI=1S/C17H32N2O2/c1-12(11-19(5)6)18-16(21)14-10-8-7-9-13(14)15(20)17(2,3)4/h12-14H,7-11H2,1-6H3,(H,18,21)/t12?,13-,14?/m1/s1. The molecule has 0 saturated heterocycles. The predicted octanol–water partition coefficient (Wildman–Crippen LogP) is 2.47. The number of hydrogen-bond acceptors (Lipinski definition) is 3. The molecule has 1 aliphatic rings. The Morgan fingerprint density at radius 2 is 1.67 bits per heavy atom. The zero-order chi connectivity index (χ0) is 16.2. The second-order valence-electron chi connectivity index (χ2n) is 7.78. The average Bonchev–Trinajstić information content (AvgIpc) is 2.35. The van der Waals surface area contributed by atoms with Crippen LogP contribution in [0.15, 0.2) is 0 Å². The lowest BCUT2D eigenvalue weighted by Gasteiger charge is -2.34. The number of hydrogen-bond donors (Lipinski definition) is 1. The van der Waals surface area contributed by atoms with E-state index in [1.165, 1.54) is 0 Å². The van der Waals surface area contributed by atoms with Gasteiger partial charge in [0.2, 0.25) is 5.91 Å². The minimum atomic E-state index is -0.365. The van der Waals surface area contributed by atoms with Crippen LogP contribution in [-0.2, 0) is 9.59 Å². The second-order valence-corrected chi connectivity index (χ2v) is 7.78. The topological polar surface area (TPSA) is 49.4 Å². The van der Waals surface area contributed by atoms with Gasteiger partial charge in [-0.3, -0.25) is 9.59 Å². The zero-order valence-electron chi connectivity index (χ0n) is 14.5. The van der Waals surface area contributed by atoms with Crippen LogP contribution in [0.3, 0.4) is 0 Å². The normalized spacial score (nSPS) is 24.7. The maximum Gasteiger partial charge on any atom is 0.224 e. The average molecular weight is 296 g/mol. The highest BCUT2D eigenvalue weighted by Gasteiger charge is 2.39. The van der Waals surface area contributed by atoms with Crippen molar-refractivity contribution in [1.82, 2.24) is 10.2 Å². The summed E-state index contributed by atoms with van der Waals surface area (Å²) in [4.78, 5) is 27.2. The number of carbonyl (C=O) groups is 2. The van der Waals surface area contributed by atoms with Crippen LogP contribution >= 0.6 is 0 Å². The first-order valence-electron chi connectivity index (χ1n) is 8.12. The molecule has 21 heavy (non-hydrogen) atoms. The molecule has 1 saturated carbocycles. The number of nitrogens with one attached hydrogen (secondary N) is 1. The van der Waals surface area contributed by atoms with Gasteiger partial charge in [0, 0.05) is 29.8 Å². The molecule has 1 N–H and O–H groups in total. The minimum Gasteiger partial charge on any atom is -0.352 e. The molecule has 0 aromatic heterocycles. The number of likely N-dealkylation sites (N-methyl/N-ethyl adjacent to an activating group) is 1. The molecule has 0 bridgehead atoms. The maximum absolute atomic E-state index is 12.6. The van der Waals surface area contributed by atoms with Gasteiger partial charge in [-0.1, -0.05) is 33.6 Å². The molecule has 0 spiro atoms. The number of Topliss-reactive ketones (excluding diaryl/α,β-unsaturated/α-hetero) is 1. The van der Waals surface area contributed by atoms with Crippen molar-refractivity contribution >= 4 is 11.7 Å². The van der Waals surface area contributed by atoms with Crippen LogP contribution in [0.4, 0.5) is 0 Å². The molecule has 0 radical (unpaired) electrons. The molecule has 0 aliphatic heterocycles. The van der Waals surface area contributed by atoms with Gasteiger partial charge in [-0.15, -0.1) is 0 Å². The monoisotopic (exact) mass is 296 g/mol. The van der Waals surface area contributed by atoms with Gasteiger partial charge in [0.05, 0.1) is 0 Å². The summed E-state index contributed by atoms with van der Waals surface area (Å²) in [5.41, 5.74) is -0.365. The van der Waals surface area contributed by atoms with Crippen molar-refractivity contribution in [1.29, 1.82) is 0 Å². The molecule has 3 atom stereocenters. The lowest BCUT2D eigenvalue weighted by Crippen LogP contribution is -2.47. The predicted molar refractivity (Wildman–Crippen MR) is 86.1 cm³/mol. The fraction of sp³-hybridized carbons (Fsp3) is 0.882. The third-order valence-corrected chi connectivity index (χ3v) is 4.21. The lowest BCUT2D eigenvalue weighted by molar-refractivity contribution is -0.140. The van der Waals surface area contributed by atoms with Gasteiger partial charge in [-0.05, 0) is 33.9 Å². The Bertz CT molecular complexity index is 371. The van der Waals surface area contributed by atoms with Gasteiger partial charge in [0.15, 0.2) is 0 Å². The third-order valence-electron chi connectivity index (χ3n) is 4.21. The van der Waals surface area contributed by atoms with Crippen molar-refractivity contribution in [3.8, 4) is 0 Å². The van der Waals surface area contributed by atoms with Crippen LogP contribution in [0.2, 0.25) is 0 Å². The number of rotatable bonds is 5. The SMILES string of the molecule is CC(CN(C)C)NC(=O)C1CCCC[C@H]1C(=O)C(C)(C)C. The van der Waals surface area contributed by atoms with E-state index in [0.29, 0.717) is 0 Å². The fourth-order valence-corrected chi connectivity index (χ4v) is 3.26. The first-order chi connectivity index (χ1) is 9.62. The van der Waals surface area contributed by atoms with Crippen molar-refractivity contribution < 1.29 is 9.59 Å². The van der Waals surface area contributed by atoms with E-state index in [-0.39, 0.29) is 35.0 Å². The molecule has 122 valence electrons. The van der Waals surface area contributed by atoms with E-state index < -0.39 is 0 Å². The summed E-state index contributed by atoms with van der Waals surface area (Å²) < 4.78 is 0. The molecule has 2 unspecified atom stereocenters. The largest absolute Gasteiger partial charge is 0.352 e. The van der Waals surface area contributed by atoms with Gasteiger partial charge in [0.25, 0.3) is 0 Å². The van der Waals surface area contributed by atoms with Crippen LogP contribution in [0.5, 0.6) is 0 Å². The van der Waals surface area contributed by atoms with Crippen LogP contribution in [0, 0.1) is 17.3 Å². The van der Waals surface area contributed by atoms with E-state index in [1.807, 2.05) is 41.8 Å². The van der Waals surface area contributed by atoms with E-state index in [1.54, 1.807) is 0 Å². The van der Waals surface area contributed by atoms with Crippen molar-refractivity contribution in [2.24, 2.45) is 17.3 Å². The quantitative estimate of drug-likeness (QED) is 0.848. The molecule has 0 aromatic carbocycles. The van der Waals surface area contributed by atoms with E-state index in [9.17, 15) is 9.59 Å². The molecule has 1 amide bonds. The number of carbonyl (C=O) groups excluding carboxylic acids is 2. The smallest absolute Gasteiger partial charge is 0.224 e. The van der Waals surface area contributed by atoms with Crippen LogP contribution in [0.25, 0.3) is 0 Å². The Hall–Kier alpha value is -0.900. The van der Waals surface area contributed by atoms with E-state index >= 15 is 0 Å². The maximum atomic E-state index is 12.6. The first kappa shape index (κ1) is 18.1. The lowest BCUT2D eigenvalue weighted by atomic mass is 9.70. The summed E-state index contributed by atoms with van der Waals surface area (Å²) in [7, 11) is 3.99. The zero-order valence-corrected chi connectivity index (χ0v) is 14.5. The van der Waals surface area contributed by atoms with Gasteiger partial charge < -0.3 is 10.2 Å². The Kier molecular flexibility index (Phi) is 6.39. The molecule has 1 aliphatic carbocycles. The molecule has 0 aromatic rings. The number of amides is 1. The second kappa shape index (κ2) is 7.39. The summed E-state index contributed by atoms with van der Waals surface area (Å²) >= 11 is 0. The van der Waals surface area contributed by atoms with E-state index in [4.69, 9.17) is 0 Å². The van der Waals surface area contributed by atoms with Gasteiger partial charge >= 0.3 is 0 Å². The van der Waals surface area contributed by atoms with Crippen molar-refractivity contribution in [3.05, 3.63) is 0 Å². The van der Waals surface area contributed by atoms with Gasteiger partial charge in [0.1, 0.15) is 5.78 Å². The molecule has 1 fully saturated rings. The minimum absolute atomic E-state index is 0.0617. The summed E-state index contributed by atoms with van der Waals surface area (Å²) in [5, 5.41) is 3.08. The highest BCUT2D eigenvalue weighted by Crippen LogP contribution is 2.35. The molecule has 0 heterocycles. The fourth-order valence-electron chi connectivity index (χ4n) is 3.26. The molecule has 1 rings (SSSR count). The summed E-state index contributed by atoms with van der Waals surface area (Å²) in [6.07, 6.45) is 3.81. The van der Waals surface area contributed by atoms with E-state index in [2.05, 4.69) is 10.2 Å². The summed E-state index contributed by atoms with van der Waals surface area (Å²) in [6.45, 7) is 8.69. The van der Waals surface area contributed by atoms with Gasteiger partial charge in [-0.25, -0.2) is 0 Å². The highest BCUT2D eigenvalue weighted by molar-refractivity contribution is 5.91. The first-order valence-corrected chi connectivity index (χ1v) is 8.12. The van der Waals surface area contributed by atoms with Crippen LogP contribution < -0.4 is 5.32 Å². The van der Waals surface area contributed by atoms with E-state index in [0.717, 1.165) is 32.2 Å². The van der Waals surface area contributed by atoms with Crippen LogP contribution in [-0.4, -0.2) is 43.3 Å². The third kappa shape index (κ3) is 5.42. The summed E-state index contributed by atoms with van der Waals surface area (Å²) in [5.74, 6) is 0.0506. The van der Waals surface area contributed by atoms with Crippen molar-refractivity contribution in [3.63, 3.8) is 0 Å². The Morgan fingerprint density at radius 3 is 2.14 bits per heavy atom. The number of nitrogens with zero attached hydrogens (tertiary/aromatic N) is 1.